The highest BCUT2D eigenvalue weighted by atomic mass is 16.5. The number of nitrogens with zero attached hydrogens (tertiary/aromatic N) is 1. The van der Waals surface area contributed by atoms with E-state index in [2.05, 4.69) is 5.32 Å². The molecule has 2 fully saturated rings. The lowest BCUT2D eigenvalue weighted by Gasteiger charge is -2.33. The average Bonchev–Trinajstić information content (AvgIpc) is 3.01. The smallest absolute Gasteiger partial charge is 0.326 e. The number of carbonyl (C=O) groups is 3. The van der Waals surface area contributed by atoms with E-state index in [1.165, 1.54) is 0 Å². The summed E-state index contributed by atoms with van der Waals surface area (Å²) in [7, 11) is 0. The molecule has 1 amide bonds. The second-order valence-electron chi connectivity index (χ2n) is 8.99. The summed E-state index contributed by atoms with van der Waals surface area (Å²) >= 11 is 0. The normalized spacial score (nSPS) is 24.4. The molecule has 1 saturated heterocycles. The van der Waals surface area contributed by atoms with Gasteiger partial charge in [0.1, 0.15) is 12.1 Å². The van der Waals surface area contributed by atoms with Crippen LogP contribution < -0.4 is 5.32 Å². The molecule has 3 rings (SSSR count). The van der Waals surface area contributed by atoms with Crippen LogP contribution >= 0.6 is 0 Å². The van der Waals surface area contributed by atoms with Crippen LogP contribution in [0.4, 0.5) is 0 Å². The van der Waals surface area contributed by atoms with Crippen LogP contribution in [0.15, 0.2) is 30.3 Å². The summed E-state index contributed by atoms with van der Waals surface area (Å²) in [4.78, 5) is 39.5. The van der Waals surface area contributed by atoms with E-state index in [0.29, 0.717) is 13.0 Å². The van der Waals surface area contributed by atoms with Crippen LogP contribution in [0.5, 0.6) is 0 Å². The highest BCUT2D eigenvalue weighted by Crippen LogP contribution is 2.39. The van der Waals surface area contributed by atoms with Crippen molar-refractivity contribution in [3.63, 3.8) is 0 Å². The van der Waals surface area contributed by atoms with Crippen LogP contribution in [0.3, 0.4) is 0 Å². The summed E-state index contributed by atoms with van der Waals surface area (Å²) < 4.78 is 10.9. The fraction of sp³-hybridized carbons (Fsp3) is 0.640. The standard InChI is InChI=1S/C25H36N2O6/c1-3-33-25(31)20(16-32-15-18-10-6-4-7-11-18)26-17(2)23(28)27-21-13-9-5-8-12-19(21)14-22(27)24(29)30/h4,6-7,10-11,17,19-22,26H,3,5,8-9,12-16H2,1-2H3,(H,29,30)/t17?,19?,20-,21?,22-/m0/s1. The molecule has 1 aromatic carbocycles. The van der Waals surface area contributed by atoms with E-state index in [4.69, 9.17) is 9.47 Å². The predicted octanol–water partition coefficient (Wildman–Crippen LogP) is 2.75. The Hall–Kier alpha value is -2.45. The molecule has 2 aliphatic rings. The Labute approximate surface area is 195 Å². The minimum absolute atomic E-state index is 0.0414. The van der Waals surface area contributed by atoms with Gasteiger partial charge in [0, 0.05) is 6.04 Å². The van der Waals surface area contributed by atoms with E-state index in [0.717, 1.165) is 37.7 Å². The number of carboxylic acid groups (broad SMARTS) is 1. The van der Waals surface area contributed by atoms with E-state index >= 15 is 0 Å². The molecular formula is C25H36N2O6. The van der Waals surface area contributed by atoms with Gasteiger partial charge in [0.15, 0.2) is 0 Å². The second kappa shape index (κ2) is 12.1. The van der Waals surface area contributed by atoms with Crippen molar-refractivity contribution in [2.75, 3.05) is 13.2 Å². The van der Waals surface area contributed by atoms with Gasteiger partial charge in [0.05, 0.1) is 25.9 Å². The number of nitrogens with one attached hydrogen (secondary N) is 1. The van der Waals surface area contributed by atoms with Gasteiger partial charge >= 0.3 is 11.9 Å². The van der Waals surface area contributed by atoms with E-state index in [1.54, 1.807) is 18.7 Å². The van der Waals surface area contributed by atoms with Crippen LogP contribution in [-0.4, -0.2) is 65.2 Å². The van der Waals surface area contributed by atoms with Gasteiger partial charge in [-0.3, -0.25) is 14.9 Å². The predicted molar refractivity (Wildman–Crippen MR) is 122 cm³/mol. The molecule has 8 nitrogen and oxygen atoms in total. The van der Waals surface area contributed by atoms with Gasteiger partial charge in [-0.05, 0) is 44.6 Å². The first-order valence-electron chi connectivity index (χ1n) is 12.0. The Balaban J connectivity index is 1.67. The average molecular weight is 461 g/mol. The highest BCUT2D eigenvalue weighted by Gasteiger charge is 2.48. The molecule has 1 aliphatic carbocycles. The molecule has 0 aromatic heterocycles. The fourth-order valence-electron chi connectivity index (χ4n) is 5.07. The van der Waals surface area contributed by atoms with Crippen molar-refractivity contribution in [1.29, 1.82) is 0 Å². The number of amides is 1. The molecule has 33 heavy (non-hydrogen) atoms. The Morgan fingerprint density at radius 3 is 2.58 bits per heavy atom. The molecule has 3 unspecified atom stereocenters. The monoisotopic (exact) mass is 460 g/mol. The van der Waals surface area contributed by atoms with Crippen LogP contribution in [0, 0.1) is 5.92 Å². The maximum absolute atomic E-state index is 13.4. The summed E-state index contributed by atoms with van der Waals surface area (Å²) in [5, 5.41) is 12.8. The molecule has 182 valence electrons. The lowest BCUT2D eigenvalue weighted by atomic mass is 9.94. The maximum atomic E-state index is 13.4. The largest absolute Gasteiger partial charge is 0.480 e. The van der Waals surface area contributed by atoms with Gasteiger partial charge in [0.25, 0.3) is 0 Å². The first-order valence-corrected chi connectivity index (χ1v) is 12.0. The summed E-state index contributed by atoms with van der Waals surface area (Å²) in [6, 6.07) is 7.16. The fourth-order valence-corrected chi connectivity index (χ4v) is 5.07. The third-order valence-electron chi connectivity index (χ3n) is 6.67. The third kappa shape index (κ3) is 6.54. The molecule has 0 radical (unpaired) electrons. The zero-order chi connectivity index (χ0) is 23.8. The molecule has 1 heterocycles. The zero-order valence-corrected chi connectivity index (χ0v) is 19.6. The molecule has 2 N–H and O–H groups in total. The van der Waals surface area contributed by atoms with Crippen molar-refractivity contribution >= 4 is 17.8 Å². The second-order valence-corrected chi connectivity index (χ2v) is 8.99. The molecule has 0 spiro atoms. The molecule has 8 heteroatoms. The minimum Gasteiger partial charge on any atom is -0.480 e. The molecule has 1 aromatic rings. The topological polar surface area (TPSA) is 105 Å². The van der Waals surface area contributed by atoms with Gasteiger partial charge in [-0.2, -0.15) is 0 Å². The first kappa shape index (κ1) is 25.2. The van der Waals surface area contributed by atoms with Gasteiger partial charge in [0.2, 0.25) is 5.91 Å². The SMILES string of the molecule is CCOC(=O)[C@H](COCc1ccccc1)NC(C)C(=O)N1C2CCCCCC2C[C@H]1C(=O)O. The summed E-state index contributed by atoms with van der Waals surface area (Å²) in [6.07, 6.45) is 5.47. The van der Waals surface area contributed by atoms with Crippen molar-refractivity contribution in [2.24, 2.45) is 5.92 Å². The Morgan fingerprint density at radius 1 is 1.15 bits per heavy atom. The van der Waals surface area contributed by atoms with Crippen molar-refractivity contribution in [3.8, 4) is 0 Å². The minimum atomic E-state index is -0.961. The number of rotatable bonds is 10. The number of likely N-dealkylation sites (tertiary alicyclic amines) is 1. The Kier molecular flexibility index (Phi) is 9.26. The van der Waals surface area contributed by atoms with Gasteiger partial charge in [-0.1, -0.05) is 49.6 Å². The first-order chi connectivity index (χ1) is 15.9. The summed E-state index contributed by atoms with van der Waals surface area (Å²) in [5.74, 6) is -1.51. The van der Waals surface area contributed by atoms with Crippen LogP contribution in [-0.2, 0) is 30.5 Å². The molecule has 5 atom stereocenters. The zero-order valence-electron chi connectivity index (χ0n) is 19.6. The van der Waals surface area contributed by atoms with Gasteiger partial charge < -0.3 is 19.5 Å². The number of benzene rings is 1. The number of fused-ring (bicyclic) bond motifs is 1. The lowest BCUT2D eigenvalue weighted by molar-refractivity contribution is -0.152. The van der Waals surface area contributed by atoms with E-state index < -0.39 is 30.1 Å². The number of hydrogen-bond acceptors (Lipinski definition) is 6. The Morgan fingerprint density at radius 2 is 1.88 bits per heavy atom. The summed E-state index contributed by atoms with van der Waals surface area (Å²) in [5.41, 5.74) is 0.977. The van der Waals surface area contributed by atoms with Crippen molar-refractivity contribution in [3.05, 3.63) is 35.9 Å². The molecule has 0 bridgehead atoms. The highest BCUT2D eigenvalue weighted by molar-refractivity contribution is 5.88. The van der Waals surface area contributed by atoms with Crippen molar-refractivity contribution in [2.45, 2.75) is 83.1 Å². The number of hydrogen-bond donors (Lipinski definition) is 2. The molecular weight excluding hydrogens is 424 g/mol. The number of esters is 1. The maximum Gasteiger partial charge on any atom is 0.326 e. The Bertz CT molecular complexity index is 801. The molecule has 1 aliphatic heterocycles. The van der Waals surface area contributed by atoms with Crippen molar-refractivity contribution < 1.29 is 29.0 Å². The molecule has 1 saturated carbocycles. The quantitative estimate of drug-likeness (QED) is 0.517. The lowest BCUT2D eigenvalue weighted by Crippen LogP contribution is -2.56. The van der Waals surface area contributed by atoms with Crippen LogP contribution in [0.2, 0.25) is 0 Å². The van der Waals surface area contributed by atoms with Crippen LogP contribution in [0.1, 0.15) is 57.9 Å². The van der Waals surface area contributed by atoms with E-state index in [1.807, 2.05) is 30.3 Å². The summed E-state index contributed by atoms with van der Waals surface area (Å²) in [6.45, 7) is 3.99. The van der Waals surface area contributed by atoms with E-state index in [-0.39, 0.29) is 31.1 Å². The van der Waals surface area contributed by atoms with E-state index in [9.17, 15) is 19.5 Å². The van der Waals surface area contributed by atoms with Crippen molar-refractivity contribution in [1.82, 2.24) is 10.2 Å². The number of aliphatic carboxylic acids is 1. The van der Waals surface area contributed by atoms with Crippen LogP contribution in [0.25, 0.3) is 0 Å². The number of carboxylic acids is 1. The van der Waals surface area contributed by atoms with Gasteiger partial charge in [-0.15, -0.1) is 0 Å². The third-order valence-corrected chi connectivity index (χ3v) is 6.67. The number of ether oxygens (including phenoxy) is 2. The number of carbonyl (C=O) groups excluding carboxylic acids is 2. The van der Waals surface area contributed by atoms with Gasteiger partial charge in [-0.25, -0.2) is 4.79 Å².